The minimum atomic E-state index is -0.349. The first-order valence-electron chi connectivity index (χ1n) is 9.21. The summed E-state index contributed by atoms with van der Waals surface area (Å²) in [6, 6.07) is 6.33. The average Bonchev–Trinajstić information content (AvgIpc) is 3.23. The van der Waals surface area contributed by atoms with Crippen LogP contribution in [0, 0.1) is 5.41 Å². The monoisotopic (exact) mass is 340 g/mol. The van der Waals surface area contributed by atoms with Crippen LogP contribution in [0.2, 0.25) is 0 Å². The molecular weight excluding hydrogens is 312 g/mol. The second kappa shape index (κ2) is 6.98. The molecule has 134 valence electrons. The Kier molecular flexibility index (Phi) is 4.93. The van der Waals surface area contributed by atoms with Crippen molar-refractivity contribution in [2.45, 2.75) is 59.5 Å². The zero-order valence-corrected chi connectivity index (χ0v) is 15.7. The van der Waals surface area contributed by atoms with Gasteiger partial charge in [0.15, 0.2) is 0 Å². The minimum Gasteiger partial charge on any atom is -0.335 e. The Morgan fingerprint density at radius 2 is 2.08 bits per heavy atom. The standard InChI is InChI=1S/C20H28N4O/c1-5-12-24-18(9-11-22-24)16-14-15(8-10-21-16)17-7-6-13-23(17)19(25)20(2,3)4/h8-11,14,17H,5-7,12-13H2,1-4H3. The van der Waals surface area contributed by atoms with Crippen molar-refractivity contribution in [3.8, 4) is 11.4 Å². The molecule has 0 aromatic carbocycles. The number of likely N-dealkylation sites (tertiary alicyclic amines) is 1. The molecule has 1 fully saturated rings. The number of carbonyl (C=O) groups is 1. The van der Waals surface area contributed by atoms with Crippen LogP contribution >= 0.6 is 0 Å². The fourth-order valence-corrected chi connectivity index (χ4v) is 3.52. The van der Waals surface area contributed by atoms with Crippen molar-refractivity contribution in [2.75, 3.05) is 6.54 Å². The third-order valence-electron chi connectivity index (χ3n) is 4.74. The Morgan fingerprint density at radius 3 is 2.80 bits per heavy atom. The van der Waals surface area contributed by atoms with Crippen molar-refractivity contribution in [3.63, 3.8) is 0 Å². The molecule has 1 amide bonds. The molecule has 0 saturated carbocycles. The molecule has 0 N–H and O–H groups in total. The number of hydrogen-bond acceptors (Lipinski definition) is 3. The van der Waals surface area contributed by atoms with Crippen LogP contribution in [0.1, 0.15) is 58.6 Å². The number of nitrogens with zero attached hydrogens (tertiary/aromatic N) is 4. The Bertz CT molecular complexity index is 744. The molecule has 0 aliphatic carbocycles. The molecule has 0 spiro atoms. The molecule has 5 nitrogen and oxygen atoms in total. The molecule has 2 aromatic rings. The first-order chi connectivity index (χ1) is 11.9. The summed E-state index contributed by atoms with van der Waals surface area (Å²) >= 11 is 0. The maximum Gasteiger partial charge on any atom is 0.228 e. The Labute approximate surface area is 150 Å². The summed E-state index contributed by atoms with van der Waals surface area (Å²) in [5.74, 6) is 0.226. The maximum absolute atomic E-state index is 12.8. The topological polar surface area (TPSA) is 51.0 Å². The van der Waals surface area contributed by atoms with Gasteiger partial charge in [0.25, 0.3) is 0 Å². The highest BCUT2D eigenvalue weighted by molar-refractivity contribution is 5.82. The number of amides is 1. The van der Waals surface area contributed by atoms with Gasteiger partial charge in [-0.05, 0) is 43.0 Å². The van der Waals surface area contributed by atoms with Gasteiger partial charge >= 0.3 is 0 Å². The molecular formula is C20H28N4O. The van der Waals surface area contributed by atoms with Crippen molar-refractivity contribution in [1.82, 2.24) is 19.7 Å². The van der Waals surface area contributed by atoms with Crippen molar-refractivity contribution in [3.05, 3.63) is 36.2 Å². The minimum absolute atomic E-state index is 0.149. The summed E-state index contributed by atoms with van der Waals surface area (Å²) in [5.41, 5.74) is 2.79. The Balaban J connectivity index is 1.91. The molecule has 3 heterocycles. The molecule has 25 heavy (non-hydrogen) atoms. The summed E-state index contributed by atoms with van der Waals surface area (Å²) in [5, 5.41) is 4.40. The normalized spacial score (nSPS) is 17.9. The summed E-state index contributed by atoms with van der Waals surface area (Å²) < 4.78 is 2.00. The van der Waals surface area contributed by atoms with Gasteiger partial charge in [-0.1, -0.05) is 27.7 Å². The number of aryl methyl sites for hydroxylation is 1. The van der Waals surface area contributed by atoms with Gasteiger partial charge in [0, 0.05) is 30.9 Å². The lowest BCUT2D eigenvalue weighted by atomic mass is 9.93. The molecule has 1 unspecified atom stereocenters. The molecule has 1 atom stereocenters. The SMILES string of the molecule is CCCn1nccc1-c1cc(C2CCCN2C(=O)C(C)(C)C)ccn1. The number of rotatable bonds is 4. The van der Waals surface area contributed by atoms with Crippen LogP contribution in [-0.4, -0.2) is 32.1 Å². The molecule has 1 saturated heterocycles. The van der Waals surface area contributed by atoms with Crippen LogP contribution in [0.25, 0.3) is 11.4 Å². The molecule has 1 aliphatic rings. The van der Waals surface area contributed by atoms with Crippen molar-refractivity contribution in [2.24, 2.45) is 5.41 Å². The zero-order chi connectivity index (χ0) is 18.0. The van der Waals surface area contributed by atoms with E-state index in [0.717, 1.165) is 43.7 Å². The molecule has 0 bridgehead atoms. The van der Waals surface area contributed by atoms with Crippen molar-refractivity contribution in [1.29, 1.82) is 0 Å². The van der Waals surface area contributed by atoms with E-state index in [1.807, 2.05) is 54.9 Å². The molecule has 5 heteroatoms. The third-order valence-corrected chi connectivity index (χ3v) is 4.74. The van der Waals surface area contributed by atoms with E-state index < -0.39 is 0 Å². The summed E-state index contributed by atoms with van der Waals surface area (Å²) in [6.45, 7) is 9.84. The van der Waals surface area contributed by atoms with Crippen LogP contribution in [0.15, 0.2) is 30.6 Å². The van der Waals surface area contributed by atoms with Gasteiger partial charge < -0.3 is 4.90 Å². The second-order valence-corrected chi connectivity index (χ2v) is 7.82. The van der Waals surface area contributed by atoms with Gasteiger partial charge in [-0.3, -0.25) is 14.5 Å². The number of aromatic nitrogens is 3. The highest BCUT2D eigenvalue weighted by Gasteiger charge is 2.35. The van der Waals surface area contributed by atoms with E-state index in [2.05, 4.69) is 23.1 Å². The lowest BCUT2D eigenvalue weighted by Crippen LogP contribution is -2.39. The van der Waals surface area contributed by atoms with Crippen LogP contribution < -0.4 is 0 Å². The van der Waals surface area contributed by atoms with Gasteiger partial charge in [0.05, 0.1) is 17.4 Å². The van der Waals surface area contributed by atoms with Gasteiger partial charge in [-0.15, -0.1) is 0 Å². The fraction of sp³-hybridized carbons (Fsp3) is 0.550. The fourth-order valence-electron chi connectivity index (χ4n) is 3.52. The number of pyridine rings is 1. The molecule has 2 aromatic heterocycles. The van der Waals surface area contributed by atoms with Crippen LogP contribution in [-0.2, 0) is 11.3 Å². The first kappa shape index (κ1) is 17.6. The average molecular weight is 340 g/mol. The predicted molar refractivity (Wildman–Crippen MR) is 98.9 cm³/mol. The van der Waals surface area contributed by atoms with Crippen LogP contribution in [0.3, 0.4) is 0 Å². The molecule has 0 radical (unpaired) electrons. The Morgan fingerprint density at radius 1 is 1.28 bits per heavy atom. The highest BCUT2D eigenvalue weighted by Crippen LogP contribution is 2.36. The maximum atomic E-state index is 12.8. The lowest BCUT2D eigenvalue weighted by Gasteiger charge is -2.31. The van der Waals surface area contributed by atoms with Gasteiger partial charge in [-0.25, -0.2) is 0 Å². The van der Waals surface area contributed by atoms with E-state index >= 15 is 0 Å². The quantitative estimate of drug-likeness (QED) is 0.843. The van der Waals surface area contributed by atoms with Gasteiger partial charge in [0.1, 0.15) is 0 Å². The van der Waals surface area contributed by atoms with E-state index in [1.165, 1.54) is 5.56 Å². The smallest absolute Gasteiger partial charge is 0.228 e. The van der Waals surface area contributed by atoms with E-state index in [9.17, 15) is 4.79 Å². The summed E-state index contributed by atoms with van der Waals surface area (Å²) in [4.78, 5) is 19.4. The van der Waals surface area contributed by atoms with E-state index in [4.69, 9.17) is 0 Å². The largest absolute Gasteiger partial charge is 0.335 e. The van der Waals surface area contributed by atoms with E-state index in [-0.39, 0.29) is 17.4 Å². The first-order valence-corrected chi connectivity index (χ1v) is 9.21. The van der Waals surface area contributed by atoms with Crippen LogP contribution in [0.5, 0.6) is 0 Å². The molecule has 3 rings (SSSR count). The van der Waals surface area contributed by atoms with Crippen molar-refractivity contribution >= 4 is 5.91 Å². The second-order valence-electron chi connectivity index (χ2n) is 7.82. The molecule has 1 aliphatic heterocycles. The van der Waals surface area contributed by atoms with E-state index in [1.54, 1.807) is 0 Å². The highest BCUT2D eigenvalue weighted by atomic mass is 16.2. The Hall–Kier alpha value is -2.17. The third kappa shape index (κ3) is 3.60. The predicted octanol–water partition coefficient (Wildman–Crippen LogP) is 4.06. The number of hydrogen-bond donors (Lipinski definition) is 0. The lowest BCUT2D eigenvalue weighted by molar-refractivity contribution is -0.140. The number of carbonyl (C=O) groups excluding carboxylic acids is 1. The van der Waals surface area contributed by atoms with Crippen molar-refractivity contribution < 1.29 is 4.79 Å². The summed E-state index contributed by atoms with van der Waals surface area (Å²) in [6.07, 6.45) is 6.78. The zero-order valence-electron chi connectivity index (χ0n) is 15.7. The van der Waals surface area contributed by atoms with Gasteiger partial charge in [-0.2, -0.15) is 5.10 Å². The van der Waals surface area contributed by atoms with Gasteiger partial charge in [0.2, 0.25) is 5.91 Å². The van der Waals surface area contributed by atoms with E-state index in [0.29, 0.717) is 0 Å². The summed E-state index contributed by atoms with van der Waals surface area (Å²) in [7, 11) is 0. The van der Waals surface area contributed by atoms with Crippen LogP contribution in [0.4, 0.5) is 0 Å².